The lowest BCUT2D eigenvalue weighted by atomic mass is 9.79. The van der Waals surface area contributed by atoms with Gasteiger partial charge in [-0.2, -0.15) is 0 Å². The Kier molecular flexibility index (Phi) is 3.01. The summed E-state index contributed by atoms with van der Waals surface area (Å²) in [5, 5.41) is 13.3. The molecule has 2 nitrogen and oxygen atoms in total. The van der Waals surface area contributed by atoms with Crippen LogP contribution in [0.1, 0.15) is 30.9 Å². The predicted molar refractivity (Wildman–Crippen MR) is 81.6 cm³/mol. The van der Waals surface area contributed by atoms with Gasteiger partial charge in [-0.25, -0.2) is 0 Å². The molecule has 0 amide bonds. The first kappa shape index (κ1) is 12.4. The van der Waals surface area contributed by atoms with Gasteiger partial charge in [0, 0.05) is 6.04 Å². The summed E-state index contributed by atoms with van der Waals surface area (Å²) in [6.45, 7) is 2.33. The molecule has 3 heterocycles. The molecule has 2 aromatic rings. The Bertz CT molecular complexity index is 610. The molecule has 0 saturated carbocycles. The van der Waals surface area contributed by atoms with E-state index in [0.29, 0.717) is 6.04 Å². The van der Waals surface area contributed by atoms with Gasteiger partial charge in [-0.1, -0.05) is 42.5 Å². The average Bonchev–Trinajstić information content (AvgIpc) is 2.54. The van der Waals surface area contributed by atoms with E-state index in [0.717, 1.165) is 31.0 Å². The van der Waals surface area contributed by atoms with Crippen LogP contribution in [-0.2, 0) is 0 Å². The largest absolute Gasteiger partial charge is 0.387 e. The monoisotopic (exact) mass is 267 g/mol. The number of nitrogens with zero attached hydrogens (tertiary/aromatic N) is 1. The maximum Gasteiger partial charge on any atom is 0.0951 e. The van der Waals surface area contributed by atoms with Gasteiger partial charge < -0.3 is 5.11 Å². The fourth-order valence-corrected chi connectivity index (χ4v) is 4.06. The zero-order valence-corrected chi connectivity index (χ0v) is 11.7. The first-order valence-corrected chi connectivity index (χ1v) is 7.73. The zero-order chi connectivity index (χ0) is 13.5. The van der Waals surface area contributed by atoms with Crippen LogP contribution in [0.2, 0.25) is 0 Å². The van der Waals surface area contributed by atoms with Crippen molar-refractivity contribution in [3.8, 4) is 0 Å². The van der Waals surface area contributed by atoms with Crippen molar-refractivity contribution < 1.29 is 5.11 Å². The third kappa shape index (κ3) is 1.95. The van der Waals surface area contributed by atoms with Crippen LogP contribution in [0.3, 0.4) is 0 Å². The topological polar surface area (TPSA) is 23.5 Å². The number of aliphatic hydroxyl groups excluding tert-OH is 1. The van der Waals surface area contributed by atoms with Crippen molar-refractivity contribution in [2.24, 2.45) is 5.92 Å². The molecule has 2 bridgehead atoms. The van der Waals surface area contributed by atoms with Gasteiger partial charge in [0.15, 0.2) is 0 Å². The molecule has 3 fully saturated rings. The van der Waals surface area contributed by atoms with E-state index in [-0.39, 0.29) is 6.10 Å². The molecule has 0 aliphatic carbocycles. The van der Waals surface area contributed by atoms with Gasteiger partial charge in [0.05, 0.1) is 6.10 Å². The van der Waals surface area contributed by atoms with Crippen LogP contribution in [0.5, 0.6) is 0 Å². The predicted octanol–water partition coefficient (Wildman–Crippen LogP) is 3.36. The van der Waals surface area contributed by atoms with Crippen LogP contribution >= 0.6 is 0 Å². The fourth-order valence-electron chi connectivity index (χ4n) is 4.06. The van der Waals surface area contributed by atoms with Gasteiger partial charge in [0.2, 0.25) is 0 Å². The van der Waals surface area contributed by atoms with Crippen LogP contribution in [-0.4, -0.2) is 29.1 Å². The summed E-state index contributed by atoms with van der Waals surface area (Å²) in [6.07, 6.45) is 3.44. The Hall–Kier alpha value is -1.38. The molecule has 0 radical (unpaired) electrons. The summed E-state index contributed by atoms with van der Waals surface area (Å²) in [4.78, 5) is 2.49. The van der Waals surface area contributed by atoms with Crippen LogP contribution in [0.15, 0.2) is 42.5 Å². The van der Waals surface area contributed by atoms with E-state index >= 15 is 0 Å². The molecule has 20 heavy (non-hydrogen) atoms. The average molecular weight is 267 g/mol. The number of aliphatic hydroxyl groups is 1. The van der Waals surface area contributed by atoms with Crippen LogP contribution in [0.4, 0.5) is 0 Å². The molecule has 104 valence electrons. The maximum absolute atomic E-state index is 10.9. The molecule has 1 N–H and O–H groups in total. The van der Waals surface area contributed by atoms with Crippen LogP contribution in [0, 0.1) is 5.92 Å². The summed E-state index contributed by atoms with van der Waals surface area (Å²) in [5.74, 6) is 0.828. The highest BCUT2D eigenvalue weighted by Crippen LogP contribution is 2.39. The minimum absolute atomic E-state index is 0.313. The highest BCUT2D eigenvalue weighted by atomic mass is 16.3. The number of piperidine rings is 3. The van der Waals surface area contributed by atoms with E-state index in [4.69, 9.17) is 0 Å². The zero-order valence-electron chi connectivity index (χ0n) is 11.7. The molecule has 3 saturated heterocycles. The van der Waals surface area contributed by atoms with Crippen molar-refractivity contribution in [3.63, 3.8) is 0 Å². The fraction of sp³-hybridized carbons (Fsp3) is 0.444. The Labute approximate surface area is 120 Å². The number of hydrogen-bond acceptors (Lipinski definition) is 2. The van der Waals surface area contributed by atoms with E-state index in [9.17, 15) is 5.11 Å². The van der Waals surface area contributed by atoms with Gasteiger partial charge in [0.25, 0.3) is 0 Å². The van der Waals surface area contributed by atoms with Gasteiger partial charge in [-0.3, -0.25) is 4.90 Å². The van der Waals surface area contributed by atoms with Gasteiger partial charge >= 0.3 is 0 Å². The second-order valence-corrected chi connectivity index (χ2v) is 6.30. The van der Waals surface area contributed by atoms with E-state index in [1.165, 1.54) is 23.6 Å². The lowest BCUT2D eigenvalue weighted by molar-refractivity contribution is -0.0263. The minimum Gasteiger partial charge on any atom is -0.387 e. The molecule has 3 aliphatic heterocycles. The van der Waals surface area contributed by atoms with Gasteiger partial charge in [0.1, 0.15) is 0 Å². The van der Waals surface area contributed by atoms with E-state index in [1.807, 2.05) is 0 Å². The standard InChI is InChI=1S/C18H21NO/c20-18(17-12-13-8-10-19(17)11-9-13)16-7-3-5-14-4-1-2-6-15(14)16/h1-7,13,17-18,20H,8-12H2. The van der Waals surface area contributed by atoms with Crippen molar-refractivity contribution in [3.05, 3.63) is 48.0 Å². The highest BCUT2D eigenvalue weighted by molar-refractivity contribution is 5.86. The van der Waals surface area contributed by atoms with Gasteiger partial charge in [-0.05, 0) is 54.6 Å². The van der Waals surface area contributed by atoms with E-state index in [2.05, 4.69) is 47.4 Å². The Morgan fingerprint density at radius 2 is 1.75 bits per heavy atom. The molecule has 0 aromatic heterocycles. The first-order valence-electron chi connectivity index (χ1n) is 7.73. The molecular weight excluding hydrogens is 246 g/mol. The molecule has 2 unspecified atom stereocenters. The number of fused-ring (bicyclic) bond motifs is 4. The smallest absolute Gasteiger partial charge is 0.0951 e. The summed E-state index contributed by atoms with van der Waals surface area (Å²) < 4.78 is 0. The number of rotatable bonds is 2. The van der Waals surface area contributed by atoms with Crippen molar-refractivity contribution in [1.82, 2.24) is 4.90 Å². The van der Waals surface area contributed by atoms with E-state index < -0.39 is 0 Å². The lowest BCUT2D eigenvalue weighted by Gasteiger charge is -2.47. The summed E-state index contributed by atoms with van der Waals surface area (Å²) in [6, 6.07) is 15.0. The summed E-state index contributed by atoms with van der Waals surface area (Å²) in [7, 11) is 0. The molecule has 3 aliphatic rings. The highest BCUT2D eigenvalue weighted by Gasteiger charge is 2.38. The number of benzene rings is 2. The van der Waals surface area contributed by atoms with Crippen molar-refractivity contribution in [1.29, 1.82) is 0 Å². The van der Waals surface area contributed by atoms with Crippen molar-refractivity contribution in [2.45, 2.75) is 31.4 Å². The summed E-state index contributed by atoms with van der Waals surface area (Å²) >= 11 is 0. The van der Waals surface area contributed by atoms with Crippen molar-refractivity contribution in [2.75, 3.05) is 13.1 Å². The Morgan fingerprint density at radius 1 is 1.00 bits per heavy atom. The van der Waals surface area contributed by atoms with Gasteiger partial charge in [-0.15, -0.1) is 0 Å². The lowest BCUT2D eigenvalue weighted by Crippen LogP contribution is -2.51. The Morgan fingerprint density at radius 3 is 2.50 bits per heavy atom. The number of hydrogen-bond donors (Lipinski definition) is 1. The second-order valence-electron chi connectivity index (χ2n) is 6.30. The molecule has 2 heteroatoms. The normalized spacial score (nSPS) is 30.6. The Balaban J connectivity index is 1.72. The molecule has 2 atom stereocenters. The molecule has 2 aromatic carbocycles. The molecule has 0 spiro atoms. The quantitative estimate of drug-likeness (QED) is 0.902. The molecule has 5 rings (SSSR count). The first-order chi connectivity index (χ1) is 9.83. The van der Waals surface area contributed by atoms with Crippen LogP contribution < -0.4 is 0 Å². The second kappa shape index (κ2) is 4.87. The summed E-state index contributed by atoms with van der Waals surface area (Å²) in [5.41, 5.74) is 1.10. The van der Waals surface area contributed by atoms with Crippen LogP contribution in [0.25, 0.3) is 10.8 Å². The third-order valence-corrected chi connectivity index (χ3v) is 5.20. The molecular formula is C18H21NO. The minimum atomic E-state index is -0.357. The SMILES string of the molecule is OC(c1cccc2ccccc12)C1CC2CCN1CC2. The van der Waals surface area contributed by atoms with E-state index in [1.54, 1.807) is 0 Å². The van der Waals surface area contributed by atoms with Crippen molar-refractivity contribution >= 4 is 10.8 Å². The maximum atomic E-state index is 10.9. The third-order valence-electron chi connectivity index (χ3n) is 5.20.